The molecule has 0 aromatic heterocycles. The fourth-order valence-corrected chi connectivity index (χ4v) is 2.09. The fourth-order valence-electron chi connectivity index (χ4n) is 2.09. The molecule has 0 radical (unpaired) electrons. The molecule has 0 bridgehead atoms. The van der Waals surface area contributed by atoms with Crippen LogP contribution in [0.15, 0.2) is 24.3 Å². The second kappa shape index (κ2) is 9.13. The fraction of sp³-hybridized carbons (Fsp3) is 0.500. The minimum absolute atomic E-state index is 0.0447. The summed E-state index contributed by atoms with van der Waals surface area (Å²) in [5.74, 6) is -0.849. The zero-order valence-corrected chi connectivity index (χ0v) is 12.7. The molecular weight excluding hydrogens is 268 g/mol. The third-order valence-corrected chi connectivity index (χ3v) is 3.18. The molecule has 0 fully saturated rings. The number of amides is 1. The molecule has 21 heavy (non-hydrogen) atoms. The third kappa shape index (κ3) is 8.09. The van der Waals surface area contributed by atoms with Crippen LogP contribution in [0.3, 0.4) is 0 Å². The first-order valence-corrected chi connectivity index (χ1v) is 7.22. The first kappa shape index (κ1) is 17.2. The molecule has 1 aromatic rings. The summed E-state index contributed by atoms with van der Waals surface area (Å²) in [6.07, 6.45) is 1.56. The minimum Gasteiger partial charge on any atom is -0.481 e. The van der Waals surface area contributed by atoms with Crippen molar-refractivity contribution in [2.75, 3.05) is 13.1 Å². The summed E-state index contributed by atoms with van der Waals surface area (Å²) in [6.45, 7) is 4.80. The van der Waals surface area contributed by atoms with Crippen LogP contribution in [0.25, 0.3) is 0 Å². The van der Waals surface area contributed by atoms with Crippen LogP contribution in [0, 0.1) is 6.92 Å². The molecule has 0 spiro atoms. The van der Waals surface area contributed by atoms with Crippen molar-refractivity contribution in [1.82, 2.24) is 10.6 Å². The molecule has 116 valence electrons. The standard InChI is InChI=1S/C16H24N2O3/c1-12-4-6-14(7-5-12)10-15(11-16(20)21)18-9-3-8-17-13(2)19/h4-7,15,18H,3,8-11H2,1-2H3,(H,17,19)(H,20,21). The van der Waals surface area contributed by atoms with Gasteiger partial charge in [0.05, 0.1) is 6.42 Å². The van der Waals surface area contributed by atoms with E-state index in [9.17, 15) is 9.59 Å². The lowest BCUT2D eigenvalue weighted by atomic mass is 10.0. The minimum atomic E-state index is -0.804. The van der Waals surface area contributed by atoms with E-state index >= 15 is 0 Å². The lowest BCUT2D eigenvalue weighted by molar-refractivity contribution is -0.137. The first-order valence-electron chi connectivity index (χ1n) is 7.22. The number of hydrogen-bond donors (Lipinski definition) is 3. The number of aliphatic carboxylic acids is 1. The number of hydrogen-bond acceptors (Lipinski definition) is 3. The quantitative estimate of drug-likeness (QED) is 0.603. The molecule has 0 aliphatic heterocycles. The maximum absolute atomic E-state index is 10.9. The molecule has 0 saturated carbocycles. The van der Waals surface area contributed by atoms with Gasteiger partial charge in [-0.05, 0) is 31.9 Å². The number of carbonyl (C=O) groups excluding carboxylic acids is 1. The van der Waals surface area contributed by atoms with Crippen molar-refractivity contribution >= 4 is 11.9 Å². The SMILES string of the molecule is CC(=O)NCCCNC(CC(=O)O)Cc1ccc(C)cc1. The van der Waals surface area contributed by atoms with Crippen molar-refractivity contribution in [2.24, 2.45) is 0 Å². The summed E-state index contributed by atoms with van der Waals surface area (Å²) in [6, 6.07) is 8.03. The summed E-state index contributed by atoms with van der Waals surface area (Å²) in [4.78, 5) is 21.7. The van der Waals surface area contributed by atoms with Crippen LogP contribution in [0.4, 0.5) is 0 Å². The average molecular weight is 292 g/mol. The van der Waals surface area contributed by atoms with Crippen molar-refractivity contribution in [1.29, 1.82) is 0 Å². The zero-order valence-electron chi connectivity index (χ0n) is 12.7. The molecule has 5 nitrogen and oxygen atoms in total. The van der Waals surface area contributed by atoms with E-state index in [2.05, 4.69) is 10.6 Å². The van der Waals surface area contributed by atoms with E-state index in [1.807, 2.05) is 31.2 Å². The summed E-state index contributed by atoms with van der Waals surface area (Å²) < 4.78 is 0. The number of nitrogens with one attached hydrogen (secondary N) is 2. The van der Waals surface area contributed by atoms with Crippen LogP contribution >= 0.6 is 0 Å². The van der Waals surface area contributed by atoms with E-state index < -0.39 is 5.97 Å². The van der Waals surface area contributed by atoms with Crippen LogP contribution in [0.1, 0.15) is 30.9 Å². The highest BCUT2D eigenvalue weighted by atomic mass is 16.4. The zero-order chi connectivity index (χ0) is 15.7. The molecular formula is C16H24N2O3. The van der Waals surface area contributed by atoms with Gasteiger partial charge in [-0.1, -0.05) is 29.8 Å². The number of carboxylic acids is 1. The first-order chi connectivity index (χ1) is 9.97. The van der Waals surface area contributed by atoms with Gasteiger partial charge in [-0.2, -0.15) is 0 Å². The molecule has 0 saturated heterocycles. The van der Waals surface area contributed by atoms with E-state index in [1.54, 1.807) is 0 Å². The van der Waals surface area contributed by atoms with Gasteiger partial charge in [-0.3, -0.25) is 9.59 Å². The monoisotopic (exact) mass is 292 g/mol. The second-order valence-corrected chi connectivity index (χ2v) is 5.28. The van der Waals surface area contributed by atoms with E-state index in [0.717, 1.165) is 12.0 Å². The Morgan fingerprint density at radius 2 is 1.86 bits per heavy atom. The smallest absolute Gasteiger partial charge is 0.304 e. The van der Waals surface area contributed by atoms with Crippen molar-refractivity contribution in [3.05, 3.63) is 35.4 Å². The summed E-state index contributed by atoms with van der Waals surface area (Å²) >= 11 is 0. The summed E-state index contributed by atoms with van der Waals surface area (Å²) in [5.41, 5.74) is 2.32. The summed E-state index contributed by atoms with van der Waals surface area (Å²) in [7, 11) is 0. The number of benzene rings is 1. The summed E-state index contributed by atoms with van der Waals surface area (Å²) in [5, 5.41) is 15.0. The number of rotatable bonds is 9. The molecule has 3 N–H and O–H groups in total. The molecule has 1 atom stereocenters. The molecule has 1 rings (SSSR count). The van der Waals surface area contributed by atoms with E-state index in [0.29, 0.717) is 19.5 Å². The van der Waals surface area contributed by atoms with Crippen molar-refractivity contribution in [3.63, 3.8) is 0 Å². The highest BCUT2D eigenvalue weighted by molar-refractivity contribution is 5.72. The number of carboxylic acid groups (broad SMARTS) is 1. The van der Waals surface area contributed by atoms with Crippen LogP contribution in [-0.2, 0) is 16.0 Å². The van der Waals surface area contributed by atoms with Crippen molar-refractivity contribution in [3.8, 4) is 0 Å². The van der Waals surface area contributed by atoms with Gasteiger partial charge in [0.15, 0.2) is 0 Å². The molecule has 0 aliphatic carbocycles. The van der Waals surface area contributed by atoms with Crippen molar-refractivity contribution < 1.29 is 14.7 Å². The Bertz CT molecular complexity index is 457. The molecule has 1 aromatic carbocycles. The van der Waals surface area contributed by atoms with Gasteiger partial charge < -0.3 is 15.7 Å². The Morgan fingerprint density at radius 1 is 1.19 bits per heavy atom. The number of aryl methyl sites for hydroxylation is 1. The molecule has 1 unspecified atom stereocenters. The number of carbonyl (C=O) groups is 2. The lowest BCUT2D eigenvalue weighted by Crippen LogP contribution is -2.35. The second-order valence-electron chi connectivity index (χ2n) is 5.28. The highest BCUT2D eigenvalue weighted by Gasteiger charge is 2.13. The predicted octanol–water partition coefficient (Wildman–Crippen LogP) is 1.50. The van der Waals surface area contributed by atoms with Crippen LogP contribution in [-0.4, -0.2) is 36.1 Å². The van der Waals surface area contributed by atoms with Gasteiger partial charge in [0, 0.05) is 19.5 Å². The Balaban J connectivity index is 2.42. The van der Waals surface area contributed by atoms with E-state index in [1.165, 1.54) is 12.5 Å². The van der Waals surface area contributed by atoms with Crippen LogP contribution in [0.5, 0.6) is 0 Å². The van der Waals surface area contributed by atoms with E-state index in [4.69, 9.17) is 5.11 Å². The predicted molar refractivity (Wildman–Crippen MR) is 82.2 cm³/mol. The molecule has 0 heterocycles. The Hall–Kier alpha value is -1.88. The van der Waals surface area contributed by atoms with Gasteiger partial charge in [-0.15, -0.1) is 0 Å². The van der Waals surface area contributed by atoms with Gasteiger partial charge in [0.2, 0.25) is 5.91 Å². The van der Waals surface area contributed by atoms with E-state index in [-0.39, 0.29) is 18.4 Å². The Kier molecular flexibility index (Phi) is 7.46. The third-order valence-electron chi connectivity index (χ3n) is 3.18. The molecule has 5 heteroatoms. The van der Waals surface area contributed by atoms with Gasteiger partial charge >= 0.3 is 5.97 Å². The van der Waals surface area contributed by atoms with Gasteiger partial charge in [0.1, 0.15) is 0 Å². The largest absolute Gasteiger partial charge is 0.481 e. The van der Waals surface area contributed by atoms with Crippen molar-refractivity contribution in [2.45, 2.75) is 39.2 Å². The normalized spacial score (nSPS) is 11.9. The molecule has 1 amide bonds. The van der Waals surface area contributed by atoms with Gasteiger partial charge in [-0.25, -0.2) is 0 Å². The Morgan fingerprint density at radius 3 is 2.43 bits per heavy atom. The van der Waals surface area contributed by atoms with Crippen LogP contribution in [0.2, 0.25) is 0 Å². The van der Waals surface area contributed by atoms with Gasteiger partial charge in [0.25, 0.3) is 0 Å². The van der Waals surface area contributed by atoms with Crippen LogP contribution < -0.4 is 10.6 Å². The maximum Gasteiger partial charge on any atom is 0.304 e. The molecule has 0 aliphatic rings. The Labute approximate surface area is 125 Å². The highest BCUT2D eigenvalue weighted by Crippen LogP contribution is 2.08. The average Bonchev–Trinajstić information content (AvgIpc) is 2.40. The topological polar surface area (TPSA) is 78.4 Å². The lowest BCUT2D eigenvalue weighted by Gasteiger charge is -2.17. The maximum atomic E-state index is 10.9.